The molecule has 28 heavy (non-hydrogen) atoms. The lowest BCUT2D eigenvalue weighted by molar-refractivity contribution is 0.532. The van der Waals surface area contributed by atoms with Gasteiger partial charge in [-0.15, -0.1) is 0 Å². The SMILES string of the molecule is O=c1ccc(-c2ccc(F)cc2)nn1CCNS(=O)(=O)c1ccc(F)cc1F. The second-order valence-electron chi connectivity index (χ2n) is 5.76. The van der Waals surface area contributed by atoms with Gasteiger partial charge in [-0.25, -0.2) is 31.0 Å². The van der Waals surface area contributed by atoms with Crippen molar-refractivity contribution in [3.05, 3.63) is 82.4 Å². The Hall–Kier alpha value is -2.98. The zero-order valence-electron chi connectivity index (χ0n) is 14.3. The van der Waals surface area contributed by atoms with Crippen LogP contribution >= 0.6 is 0 Å². The van der Waals surface area contributed by atoms with Crippen molar-refractivity contribution in [2.24, 2.45) is 0 Å². The normalized spacial score (nSPS) is 11.5. The number of hydrogen-bond donors (Lipinski definition) is 1. The van der Waals surface area contributed by atoms with Crippen molar-refractivity contribution in [1.29, 1.82) is 0 Å². The highest BCUT2D eigenvalue weighted by Gasteiger charge is 2.19. The Balaban J connectivity index is 1.74. The molecule has 1 heterocycles. The van der Waals surface area contributed by atoms with Gasteiger partial charge in [-0.1, -0.05) is 0 Å². The van der Waals surface area contributed by atoms with Crippen LogP contribution in [0.15, 0.2) is 64.3 Å². The van der Waals surface area contributed by atoms with Crippen LogP contribution in [0.2, 0.25) is 0 Å². The minimum Gasteiger partial charge on any atom is -0.268 e. The first kappa shape index (κ1) is 19.8. The molecule has 10 heteroatoms. The zero-order chi connectivity index (χ0) is 20.3. The average molecular weight is 409 g/mol. The largest absolute Gasteiger partial charge is 0.268 e. The third kappa shape index (κ3) is 4.46. The van der Waals surface area contributed by atoms with Crippen molar-refractivity contribution >= 4 is 10.0 Å². The first-order chi connectivity index (χ1) is 13.3. The Morgan fingerprint density at radius 3 is 2.29 bits per heavy atom. The number of halogens is 3. The first-order valence-corrected chi connectivity index (χ1v) is 9.53. The molecule has 0 saturated carbocycles. The minimum atomic E-state index is -4.23. The molecule has 0 bridgehead atoms. The van der Waals surface area contributed by atoms with Crippen LogP contribution in [-0.4, -0.2) is 24.7 Å². The second kappa shape index (κ2) is 7.95. The number of rotatable bonds is 6. The fraction of sp³-hybridized carbons (Fsp3) is 0.111. The fourth-order valence-corrected chi connectivity index (χ4v) is 3.52. The van der Waals surface area contributed by atoms with Gasteiger partial charge in [0.1, 0.15) is 22.3 Å². The maximum Gasteiger partial charge on any atom is 0.266 e. The molecule has 146 valence electrons. The molecule has 0 aliphatic carbocycles. The van der Waals surface area contributed by atoms with Crippen molar-refractivity contribution in [3.63, 3.8) is 0 Å². The summed E-state index contributed by atoms with van der Waals surface area (Å²) in [6.45, 7) is -0.380. The number of aromatic nitrogens is 2. The third-order valence-electron chi connectivity index (χ3n) is 3.81. The highest BCUT2D eigenvalue weighted by atomic mass is 32.2. The molecule has 0 spiro atoms. The lowest BCUT2D eigenvalue weighted by atomic mass is 10.1. The van der Waals surface area contributed by atoms with Gasteiger partial charge < -0.3 is 0 Å². The van der Waals surface area contributed by atoms with E-state index in [0.29, 0.717) is 17.3 Å². The summed E-state index contributed by atoms with van der Waals surface area (Å²) in [7, 11) is -4.23. The first-order valence-electron chi connectivity index (χ1n) is 8.05. The van der Waals surface area contributed by atoms with Crippen molar-refractivity contribution in [2.75, 3.05) is 6.54 Å². The van der Waals surface area contributed by atoms with Gasteiger partial charge >= 0.3 is 0 Å². The van der Waals surface area contributed by atoms with Crippen LogP contribution in [-0.2, 0) is 16.6 Å². The van der Waals surface area contributed by atoms with Crippen LogP contribution in [0.25, 0.3) is 11.3 Å². The zero-order valence-corrected chi connectivity index (χ0v) is 15.1. The summed E-state index contributed by atoms with van der Waals surface area (Å²) in [6, 6.07) is 10.3. The van der Waals surface area contributed by atoms with E-state index < -0.39 is 37.9 Å². The summed E-state index contributed by atoms with van der Waals surface area (Å²) in [5.74, 6) is -2.54. The lowest BCUT2D eigenvalue weighted by Gasteiger charge is -2.10. The van der Waals surface area contributed by atoms with Gasteiger partial charge in [-0.3, -0.25) is 4.79 Å². The van der Waals surface area contributed by atoms with Gasteiger partial charge in [0, 0.05) is 24.2 Å². The van der Waals surface area contributed by atoms with Gasteiger partial charge in [-0.05, 0) is 42.5 Å². The molecule has 0 radical (unpaired) electrons. The van der Waals surface area contributed by atoms with Crippen molar-refractivity contribution in [1.82, 2.24) is 14.5 Å². The molecule has 2 aromatic carbocycles. The maximum absolute atomic E-state index is 13.7. The molecular weight excluding hydrogens is 395 g/mol. The summed E-state index contributed by atoms with van der Waals surface area (Å²) in [4.78, 5) is 11.2. The molecule has 3 aromatic rings. The van der Waals surface area contributed by atoms with Gasteiger partial charge in [-0.2, -0.15) is 5.10 Å². The van der Waals surface area contributed by atoms with E-state index >= 15 is 0 Å². The van der Waals surface area contributed by atoms with Crippen molar-refractivity contribution in [3.8, 4) is 11.3 Å². The molecule has 6 nitrogen and oxygen atoms in total. The van der Waals surface area contributed by atoms with Gasteiger partial charge in [0.05, 0.1) is 12.2 Å². The van der Waals surface area contributed by atoms with Crippen LogP contribution < -0.4 is 10.3 Å². The molecule has 1 N–H and O–H groups in total. The van der Waals surface area contributed by atoms with E-state index in [0.717, 1.165) is 16.8 Å². The molecule has 0 saturated heterocycles. The molecule has 0 fully saturated rings. The van der Waals surface area contributed by atoms with Gasteiger partial charge in [0.2, 0.25) is 10.0 Å². The van der Waals surface area contributed by atoms with E-state index in [-0.39, 0.29) is 13.1 Å². The number of benzene rings is 2. The molecule has 0 aliphatic rings. The highest BCUT2D eigenvalue weighted by Crippen LogP contribution is 2.16. The molecule has 0 amide bonds. The third-order valence-corrected chi connectivity index (χ3v) is 5.30. The Kier molecular flexibility index (Phi) is 5.61. The number of hydrogen-bond acceptors (Lipinski definition) is 4. The Morgan fingerprint density at radius 1 is 0.929 bits per heavy atom. The number of nitrogens with zero attached hydrogens (tertiary/aromatic N) is 2. The number of nitrogens with one attached hydrogen (secondary N) is 1. The summed E-state index contributed by atoms with van der Waals surface area (Å²) in [5, 5.41) is 4.12. The van der Waals surface area contributed by atoms with Crippen LogP contribution in [0.1, 0.15) is 0 Å². The van der Waals surface area contributed by atoms with Crippen LogP contribution in [0.5, 0.6) is 0 Å². The van der Waals surface area contributed by atoms with E-state index in [1.807, 2.05) is 0 Å². The minimum absolute atomic E-state index is 0.129. The average Bonchev–Trinajstić information content (AvgIpc) is 2.63. The molecule has 0 aliphatic heterocycles. The smallest absolute Gasteiger partial charge is 0.266 e. The molecule has 3 rings (SSSR count). The predicted molar refractivity (Wildman–Crippen MR) is 95.4 cm³/mol. The summed E-state index contributed by atoms with van der Waals surface area (Å²) in [5.41, 5.74) is 0.495. The van der Waals surface area contributed by atoms with E-state index in [4.69, 9.17) is 0 Å². The summed E-state index contributed by atoms with van der Waals surface area (Å²) in [6.07, 6.45) is 0. The number of sulfonamides is 1. The van der Waals surface area contributed by atoms with Crippen LogP contribution in [0.3, 0.4) is 0 Å². The molecule has 0 atom stereocenters. The van der Waals surface area contributed by atoms with Gasteiger partial charge in [0.25, 0.3) is 5.56 Å². The molecule has 0 unspecified atom stereocenters. The van der Waals surface area contributed by atoms with E-state index in [2.05, 4.69) is 9.82 Å². The Bertz CT molecular complexity index is 1160. The van der Waals surface area contributed by atoms with Crippen molar-refractivity contribution in [2.45, 2.75) is 11.4 Å². The molecule has 1 aromatic heterocycles. The maximum atomic E-state index is 13.7. The second-order valence-corrected chi connectivity index (χ2v) is 7.49. The predicted octanol–water partition coefficient (Wildman–Crippen LogP) is 2.31. The van der Waals surface area contributed by atoms with Crippen molar-refractivity contribution < 1.29 is 21.6 Å². The standard InChI is InChI=1S/C18H14F3N3O3S/c19-13-3-1-12(2-4-13)16-6-8-18(25)24(23-16)10-9-22-28(26,27)17-7-5-14(20)11-15(17)21/h1-8,11,22H,9-10H2. The van der Waals surface area contributed by atoms with E-state index in [9.17, 15) is 26.4 Å². The fourth-order valence-electron chi connectivity index (χ4n) is 2.44. The highest BCUT2D eigenvalue weighted by molar-refractivity contribution is 7.89. The Labute approximate surface area is 158 Å². The van der Waals surface area contributed by atoms with Crippen LogP contribution in [0.4, 0.5) is 13.2 Å². The lowest BCUT2D eigenvalue weighted by Crippen LogP contribution is -2.32. The quantitative estimate of drug-likeness (QED) is 0.678. The molecular formula is C18H14F3N3O3S. The van der Waals surface area contributed by atoms with Crippen LogP contribution in [0, 0.1) is 17.5 Å². The summed E-state index contributed by atoms with van der Waals surface area (Å²) < 4.78 is 67.1. The Morgan fingerprint density at radius 2 is 1.61 bits per heavy atom. The monoisotopic (exact) mass is 409 g/mol. The van der Waals surface area contributed by atoms with Gasteiger partial charge in [0.15, 0.2) is 0 Å². The van der Waals surface area contributed by atoms with E-state index in [1.165, 1.54) is 36.4 Å². The van der Waals surface area contributed by atoms with E-state index in [1.54, 1.807) is 0 Å². The summed E-state index contributed by atoms with van der Waals surface area (Å²) >= 11 is 0. The topological polar surface area (TPSA) is 81.1 Å².